The highest BCUT2D eigenvalue weighted by atomic mass is 35.5. The number of benzene rings is 3. The summed E-state index contributed by atoms with van der Waals surface area (Å²) in [7, 11) is 0. The van der Waals surface area contributed by atoms with Crippen LogP contribution in [-0.4, -0.2) is 33.4 Å². The van der Waals surface area contributed by atoms with E-state index < -0.39 is 11.9 Å². The summed E-state index contributed by atoms with van der Waals surface area (Å²) in [5.41, 5.74) is 3.26. The van der Waals surface area contributed by atoms with Gasteiger partial charge in [0.2, 0.25) is 11.1 Å². The molecule has 1 fully saturated rings. The van der Waals surface area contributed by atoms with Crippen LogP contribution in [0.4, 0.5) is 10.3 Å². The van der Waals surface area contributed by atoms with Crippen LogP contribution in [0.3, 0.4) is 0 Å². The number of thioether (sulfide) groups is 1. The number of fused-ring (bicyclic) bond motifs is 1. The number of anilines is 1. The lowest BCUT2D eigenvalue weighted by molar-refractivity contribution is -0.146. The number of hydrogen-bond acceptors (Lipinski definition) is 8. The largest absolute Gasteiger partial charge is 0.490 e. The second-order valence-electron chi connectivity index (χ2n) is 11.3. The van der Waals surface area contributed by atoms with Crippen molar-refractivity contribution in [1.29, 1.82) is 0 Å². The molecular weight excluding hydrogens is 627 g/mol. The fourth-order valence-corrected chi connectivity index (χ4v) is 6.79. The van der Waals surface area contributed by atoms with Crippen LogP contribution in [0.1, 0.15) is 68.7 Å². The molecule has 0 amide bonds. The van der Waals surface area contributed by atoms with Gasteiger partial charge in [-0.1, -0.05) is 72.2 Å². The number of esters is 1. The maximum atomic E-state index is 14.5. The molecule has 8 nitrogen and oxygen atoms in total. The molecule has 1 aromatic heterocycles. The zero-order chi connectivity index (χ0) is 32.0. The topological polar surface area (TPSA) is 87.5 Å². The maximum Gasteiger partial charge on any atom is 0.338 e. The maximum absolute atomic E-state index is 14.5. The first-order valence-corrected chi connectivity index (χ1v) is 16.9. The molecule has 240 valence electrons. The van der Waals surface area contributed by atoms with Crippen molar-refractivity contribution in [3.63, 3.8) is 0 Å². The van der Waals surface area contributed by atoms with Crippen LogP contribution >= 0.6 is 23.4 Å². The molecule has 0 radical (unpaired) electrons. The van der Waals surface area contributed by atoms with Crippen LogP contribution in [0.5, 0.6) is 11.5 Å². The number of nitrogens with zero attached hydrogens (tertiary/aromatic N) is 3. The zero-order valence-electron chi connectivity index (χ0n) is 25.8. The van der Waals surface area contributed by atoms with Crippen molar-refractivity contribution in [3.8, 4) is 11.5 Å². The molecule has 0 spiro atoms. The quantitative estimate of drug-likeness (QED) is 0.126. The first kappa shape index (κ1) is 31.9. The summed E-state index contributed by atoms with van der Waals surface area (Å²) in [5.74, 6) is 1.27. The first-order chi connectivity index (χ1) is 22.4. The monoisotopic (exact) mass is 662 g/mol. The lowest BCUT2D eigenvalue weighted by Gasteiger charge is -2.30. The van der Waals surface area contributed by atoms with Crippen LogP contribution in [-0.2, 0) is 21.9 Å². The Morgan fingerprint density at radius 1 is 1.04 bits per heavy atom. The highest BCUT2D eigenvalue weighted by molar-refractivity contribution is 7.98. The molecule has 2 heterocycles. The van der Waals surface area contributed by atoms with E-state index >= 15 is 0 Å². The number of hydrogen-bond donors (Lipinski definition) is 1. The molecule has 2 aliphatic rings. The summed E-state index contributed by atoms with van der Waals surface area (Å²) in [6.45, 7) is 4.02. The zero-order valence-corrected chi connectivity index (χ0v) is 27.4. The van der Waals surface area contributed by atoms with Gasteiger partial charge in [0.1, 0.15) is 24.6 Å². The molecule has 0 saturated heterocycles. The van der Waals surface area contributed by atoms with Crippen molar-refractivity contribution >= 4 is 35.3 Å². The molecule has 1 aliphatic heterocycles. The van der Waals surface area contributed by atoms with Gasteiger partial charge in [0, 0.05) is 17.0 Å². The fraction of sp³-hybridized carbons (Fsp3) is 0.343. The van der Waals surface area contributed by atoms with Gasteiger partial charge >= 0.3 is 5.97 Å². The van der Waals surface area contributed by atoms with Crippen LogP contribution in [0.25, 0.3) is 0 Å². The lowest BCUT2D eigenvalue weighted by atomic mass is 9.94. The standard InChI is InChI=1S/C35H36ClFN4O4S/c1-3-43-30-19-24(17-18-29(30)44-20-26-27(36)15-10-16-28(26)37)32-31(33(42)45-25-13-8-5-9-14-25)22(2)38-34-39-35(40-41(32)34)46-21-23-11-6-4-7-12-23/h4,6-7,10-12,15-19,25,32H,3,5,8-9,13-14,20-21H2,1-2H3,(H,38,39,40). The Labute approximate surface area is 277 Å². The Morgan fingerprint density at radius 3 is 2.61 bits per heavy atom. The van der Waals surface area contributed by atoms with Gasteiger partial charge in [-0.25, -0.2) is 13.9 Å². The Balaban J connectivity index is 1.34. The fourth-order valence-electron chi connectivity index (χ4n) is 5.79. The third-order valence-electron chi connectivity index (χ3n) is 8.11. The summed E-state index contributed by atoms with van der Waals surface area (Å²) >= 11 is 7.76. The van der Waals surface area contributed by atoms with E-state index in [1.54, 1.807) is 22.9 Å². The van der Waals surface area contributed by atoms with Crippen LogP contribution in [0.15, 0.2) is 83.2 Å². The number of carbonyl (C=O) groups is 1. The van der Waals surface area contributed by atoms with E-state index in [0.717, 1.165) is 43.2 Å². The number of ether oxygens (including phenoxy) is 3. The van der Waals surface area contributed by atoms with Crippen molar-refractivity contribution in [2.45, 2.75) is 75.6 Å². The van der Waals surface area contributed by atoms with Crippen molar-refractivity contribution < 1.29 is 23.4 Å². The molecule has 46 heavy (non-hydrogen) atoms. The third kappa shape index (κ3) is 7.18. The van der Waals surface area contributed by atoms with E-state index in [0.29, 0.717) is 46.2 Å². The number of rotatable bonds is 11. The highest BCUT2D eigenvalue weighted by Crippen LogP contribution is 2.41. The predicted molar refractivity (Wildman–Crippen MR) is 177 cm³/mol. The molecule has 0 bridgehead atoms. The SMILES string of the molecule is CCOc1cc(C2C(C(=O)OC3CCCCC3)=C(C)Nc3nc(SCc4ccccc4)nn32)ccc1OCc1c(F)cccc1Cl. The minimum atomic E-state index is -0.639. The van der Waals surface area contributed by atoms with Crippen LogP contribution < -0.4 is 14.8 Å². The second kappa shape index (κ2) is 14.6. The number of aromatic nitrogens is 3. The first-order valence-electron chi connectivity index (χ1n) is 15.6. The summed E-state index contributed by atoms with van der Waals surface area (Å²) in [5, 5.41) is 9.03. The summed E-state index contributed by atoms with van der Waals surface area (Å²) in [4.78, 5) is 18.7. The number of nitrogens with one attached hydrogen (secondary N) is 1. The van der Waals surface area contributed by atoms with Gasteiger partial charge in [-0.3, -0.25) is 0 Å². The van der Waals surface area contributed by atoms with E-state index in [1.165, 1.54) is 17.8 Å². The Kier molecular flexibility index (Phi) is 10.1. The van der Waals surface area contributed by atoms with Crippen molar-refractivity contribution in [2.75, 3.05) is 11.9 Å². The summed E-state index contributed by atoms with van der Waals surface area (Å²) in [6, 6.07) is 19.5. The van der Waals surface area contributed by atoms with E-state index in [9.17, 15) is 9.18 Å². The van der Waals surface area contributed by atoms with Crippen molar-refractivity contribution in [1.82, 2.24) is 14.8 Å². The average Bonchev–Trinajstić information content (AvgIpc) is 3.47. The van der Waals surface area contributed by atoms with Gasteiger partial charge in [-0.05, 0) is 74.9 Å². The van der Waals surface area contributed by atoms with Gasteiger partial charge in [-0.2, -0.15) is 4.98 Å². The van der Waals surface area contributed by atoms with Crippen LogP contribution in [0.2, 0.25) is 5.02 Å². The van der Waals surface area contributed by atoms with E-state index in [4.69, 9.17) is 35.9 Å². The minimum Gasteiger partial charge on any atom is -0.490 e. The van der Waals surface area contributed by atoms with Gasteiger partial charge in [-0.15, -0.1) is 5.10 Å². The summed E-state index contributed by atoms with van der Waals surface area (Å²) in [6.07, 6.45) is 4.85. The Morgan fingerprint density at radius 2 is 1.85 bits per heavy atom. The second-order valence-corrected chi connectivity index (χ2v) is 12.6. The summed E-state index contributed by atoms with van der Waals surface area (Å²) < 4.78 is 34.3. The molecule has 1 N–H and O–H groups in total. The number of halogens is 2. The smallest absolute Gasteiger partial charge is 0.338 e. The molecule has 1 atom stereocenters. The lowest BCUT2D eigenvalue weighted by Crippen LogP contribution is -2.32. The predicted octanol–water partition coefficient (Wildman–Crippen LogP) is 8.51. The Hall–Kier alpha value is -4.02. The number of carbonyl (C=O) groups excluding carboxylic acids is 1. The molecular formula is C35H36ClFN4O4S. The number of allylic oxidation sites excluding steroid dienone is 1. The van der Waals surface area contributed by atoms with E-state index in [1.807, 2.05) is 44.2 Å². The van der Waals surface area contributed by atoms with Crippen LogP contribution in [0, 0.1) is 5.82 Å². The molecule has 1 unspecified atom stereocenters. The van der Waals surface area contributed by atoms with Crippen molar-refractivity contribution in [3.05, 3.63) is 106 Å². The normalized spacial score (nSPS) is 16.5. The molecule has 6 rings (SSSR count). The van der Waals surface area contributed by atoms with Gasteiger partial charge in [0.25, 0.3) is 0 Å². The third-order valence-corrected chi connectivity index (χ3v) is 9.37. The van der Waals surface area contributed by atoms with Crippen molar-refractivity contribution in [2.24, 2.45) is 0 Å². The molecule has 11 heteroatoms. The molecule has 4 aromatic rings. The molecule has 1 saturated carbocycles. The Bertz CT molecular complexity index is 1700. The van der Waals surface area contributed by atoms with Gasteiger partial charge < -0.3 is 19.5 Å². The van der Waals surface area contributed by atoms with E-state index in [-0.39, 0.29) is 29.3 Å². The molecule has 1 aliphatic carbocycles. The minimum absolute atomic E-state index is 0.0779. The van der Waals surface area contributed by atoms with Gasteiger partial charge in [0.05, 0.1) is 17.2 Å². The van der Waals surface area contributed by atoms with Gasteiger partial charge in [0.15, 0.2) is 11.5 Å². The highest BCUT2D eigenvalue weighted by Gasteiger charge is 2.37. The average molecular weight is 663 g/mol. The van der Waals surface area contributed by atoms with E-state index in [2.05, 4.69) is 17.4 Å². The molecule has 3 aromatic carbocycles.